The summed E-state index contributed by atoms with van der Waals surface area (Å²) in [5.74, 6) is 0. The summed E-state index contributed by atoms with van der Waals surface area (Å²) in [4.78, 5) is 13.7. The fourth-order valence-corrected chi connectivity index (χ4v) is 4.35. The first-order chi connectivity index (χ1) is 14.3. The van der Waals surface area contributed by atoms with Crippen molar-refractivity contribution in [1.82, 2.24) is 10.6 Å². The molecule has 0 saturated carbocycles. The maximum atomic E-state index is 11.9. The summed E-state index contributed by atoms with van der Waals surface area (Å²) >= 11 is 0. The van der Waals surface area contributed by atoms with Crippen molar-refractivity contribution in [1.29, 1.82) is 0 Å². The highest BCUT2D eigenvalue weighted by Crippen LogP contribution is 2.26. The molecule has 0 spiro atoms. The lowest BCUT2D eigenvalue weighted by Crippen LogP contribution is -2.28. The van der Waals surface area contributed by atoms with E-state index in [2.05, 4.69) is 71.3 Å². The van der Waals surface area contributed by atoms with Gasteiger partial charge >= 0.3 is 6.03 Å². The molecule has 0 unspecified atom stereocenters. The number of carbonyl (C=O) groups is 1. The number of fused-ring (bicyclic) bond motifs is 1. The monoisotopic (exact) mass is 419 g/mol. The third-order valence-corrected chi connectivity index (χ3v) is 5.95. The Morgan fingerprint density at radius 3 is 2.30 bits per heavy atom. The van der Waals surface area contributed by atoms with Crippen LogP contribution in [-0.4, -0.2) is 25.2 Å². The predicted molar refractivity (Wildman–Crippen MR) is 124 cm³/mol. The van der Waals surface area contributed by atoms with E-state index < -0.39 is 0 Å². The number of hydrogen-bond donors (Lipinski definition) is 2. The van der Waals surface area contributed by atoms with Crippen LogP contribution in [0.4, 0.5) is 10.5 Å². The molecular weight excluding hydrogens is 394 g/mol. The average molecular weight is 420 g/mol. The first kappa shape index (κ1) is 20.5. The van der Waals surface area contributed by atoms with E-state index in [0.29, 0.717) is 12.6 Å². The molecule has 1 saturated heterocycles. The smallest absolute Gasteiger partial charge is 0.321 e. The van der Waals surface area contributed by atoms with Crippen molar-refractivity contribution >= 4 is 24.1 Å². The fraction of sp³-hybridized carbons (Fsp3) is 0.240. The number of halogens is 1. The highest BCUT2D eigenvalue weighted by molar-refractivity contribution is 5.94. The van der Waals surface area contributed by atoms with Crippen molar-refractivity contribution in [2.45, 2.75) is 25.4 Å². The number of anilines is 1. The average Bonchev–Trinajstić information content (AvgIpc) is 3.38. The molecule has 30 heavy (non-hydrogen) atoms. The number of nitrogens with one attached hydrogen (secondary N) is 2. The number of urea groups is 1. The van der Waals surface area contributed by atoms with Crippen LogP contribution in [0.5, 0.6) is 0 Å². The molecule has 0 aromatic heterocycles. The van der Waals surface area contributed by atoms with E-state index in [1.807, 2.05) is 12.1 Å². The van der Waals surface area contributed by atoms with Crippen LogP contribution in [0.2, 0.25) is 0 Å². The molecule has 5 rings (SSSR count). The van der Waals surface area contributed by atoms with Gasteiger partial charge in [0.05, 0.1) is 0 Å². The maximum Gasteiger partial charge on any atom is 0.321 e. The van der Waals surface area contributed by atoms with Crippen molar-refractivity contribution in [3.05, 3.63) is 89.5 Å². The number of rotatable bonds is 5. The first-order valence-electron chi connectivity index (χ1n) is 10.3. The fourth-order valence-electron chi connectivity index (χ4n) is 4.35. The zero-order valence-electron chi connectivity index (χ0n) is 16.8. The van der Waals surface area contributed by atoms with Crippen LogP contribution < -0.4 is 15.5 Å². The Kier molecular flexibility index (Phi) is 6.07. The van der Waals surface area contributed by atoms with Gasteiger partial charge in [0.15, 0.2) is 0 Å². The van der Waals surface area contributed by atoms with Crippen molar-refractivity contribution in [3.8, 4) is 11.1 Å². The first-order valence-corrected chi connectivity index (χ1v) is 10.3. The molecule has 4 nitrogen and oxygen atoms in total. The molecule has 3 aromatic rings. The predicted octanol–water partition coefficient (Wildman–Crippen LogP) is 4.56. The Morgan fingerprint density at radius 2 is 1.63 bits per heavy atom. The quantitative estimate of drug-likeness (QED) is 0.636. The van der Waals surface area contributed by atoms with E-state index in [-0.39, 0.29) is 18.4 Å². The van der Waals surface area contributed by atoms with Gasteiger partial charge in [0, 0.05) is 31.4 Å². The largest absolute Gasteiger partial charge is 0.336 e. The Labute approximate surface area is 183 Å². The highest BCUT2D eigenvalue weighted by atomic mass is 35.5. The van der Waals surface area contributed by atoms with E-state index in [1.54, 1.807) is 4.90 Å². The standard InChI is InChI=1S/C25H25N3O.ClH/c29-25-26-12-13-28(25)24-7-3-6-22(16-24)19-10-8-18(9-11-19)17-27-23-14-20-4-1-2-5-21(20)15-23;/h1-11,16,23,27H,12-15,17H2,(H,26,29);1H. The molecule has 2 aliphatic rings. The van der Waals surface area contributed by atoms with E-state index >= 15 is 0 Å². The number of benzene rings is 3. The van der Waals surface area contributed by atoms with Gasteiger partial charge in [-0.2, -0.15) is 0 Å². The summed E-state index contributed by atoms with van der Waals surface area (Å²) in [6, 6.07) is 26.2. The second-order valence-electron chi connectivity index (χ2n) is 7.89. The van der Waals surface area contributed by atoms with Crippen molar-refractivity contribution in [2.75, 3.05) is 18.0 Å². The molecule has 1 heterocycles. The van der Waals surface area contributed by atoms with Crippen LogP contribution in [0, 0.1) is 0 Å². The van der Waals surface area contributed by atoms with Crippen LogP contribution in [-0.2, 0) is 19.4 Å². The molecule has 3 aromatic carbocycles. The van der Waals surface area contributed by atoms with Gasteiger partial charge in [0.2, 0.25) is 0 Å². The summed E-state index contributed by atoms with van der Waals surface area (Å²) < 4.78 is 0. The number of carbonyl (C=O) groups excluding carboxylic acids is 1. The van der Waals surface area contributed by atoms with Crippen LogP contribution >= 0.6 is 12.4 Å². The van der Waals surface area contributed by atoms with E-state index in [0.717, 1.165) is 37.2 Å². The summed E-state index contributed by atoms with van der Waals surface area (Å²) in [6.45, 7) is 2.31. The van der Waals surface area contributed by atoms with Gasteiger partial charge in [0.1, 0.15) is 0 Å². The number of hydrogen-bond acceptors (Lipinski definition) is 2. The lowest BCUT2D eigenvalue weighted by atomic mass is 10.0. The molecule has 0 radical (unpaired) electrons. The summed E-state index contributed by atoms with van der Waals surface area (Å²) in [6.07, 6.45) is 2.23. The number of nitrogens with zero attached hydrogens (tertiary/aromatic N) is 1. The SMILES string of the molecule is Cl.O=C1NCCN1c1cccc(-c2ccc(CNC3Cc4ccccc4C3)cc2)c1. The Hall–Kier alpha value is -2.82. The molecule has 0 atom stereocenters. The molecular formula is C25H26ClN3O. The molecule has 1 aliphatic carbocycles. The van der Waals surface area contributed by atoms with Gasteiger partial charge < -0.3 is 10.6 Å². The molecule has 1 fully saturated rings. The zero-order valence-corrected chi connectivity index (χ0v) is 17.6. The molecule has 5 heteroatoms. The lowest BCUT2D eigenvalue weighted by Gasteiger charge is -2.15. The van der Waals surface area contributed by atoms with E-state index in [4.69, 9.17) is 0 Å². The van der Waals surface area contributed by atoms with Gasteiger partial charge in [-0.25, -0.2) is 4.79 Å². The molecule has 2 amide bonds. The van der Waals surface area contributed by atoms with Crippen molar-refractivity contribution in [3.63, 3.8) is 0 Å². The van der Waals surface area contributed by atoms with Crippen LogP contribution in [0.25, 0.3) is 11.1 Å². The van der Waals surface area contributed by atoms with Crippen LogP contribution in [0.1, 0.15) is 16.7 Å². The van der Waals surface area contributed by atoms with Crippen molar-refractivity contribution in [2.24, 2.45) is 0 Å². The normalized spacial score (nSPS) is 15.6. The minimum Gasteiger partial charge on any atom is -0.336 e. The summed E-state index contributed by atoms with van der Waals surface area (Å²) in [5, 5.41) is 6.56. The van der Waals surface area contributed by atoms with Gasteiger partial charge in [0.25, 0.3) is 0 Å². The lowest BCUT2D eigenvalue weighted by molar-refractivity contribution is 0.252. The third-order valence-electron chi connectivity index (χ3n) is 5.95. The molecule has 2 N–H and O–H groups in total. The highest BCUT2D eigenvalue weighted by Gasteiger charge is 2.21. The second-order valence-corrected chi connectivity index (χ2v) is 7.89. The minimum absolute atomic E-state index is 0. The van der Waals surface area contributed by atoms with E-state index in [9.17, 15) is 4.79 Å². The third kappa shape index (κ3) is 4.20. The Bertz CT molecular complexity index is 1010. The maximum absolute atomic E-state index is 11.9. The summed E-state index contributed by atoms with van der Waals surface area (Å²) in [7, 11) is 0. The molecule has 1 aliphatic heterocycles. The number of amides is 2. The summed E-state index contributed by atoms with van der Waals surface area (Å²) in [5.41, 5.74) is 7.50. The topological polar surface area (TPSA) is 44.4 Å². The minimum atomic E-state index is -0.0161. The Morgan fingerprint density at radius 1 is 0.900 bits per heavy atom. The van der Waals surface area contributed by atoms with Gasteiger partial charge in [-0.05, 0) is 52.8 Å². The molecule has 0 bridgehead atoms. The van der Waals surface area contributed by atoms with Crippen molar-refractivity contribution < 1.29 is 4.79 Å². The van der Waals surface area contributed by atoms with Gasteiger partial charge in [-0.15, -0.1) is 12.4 Å². The van der Waals surface area contributed by atoms with Crippen LogP contribution in [0.15, 0.2) is 72.8 Å². The zero-order chi connectivity index (χ0) is 19.6. The Balaban J connectivity index is 0.00000218. The van der Waals surface area contributed by atoms with Gasteiger partial charge in [-0.3, -0.25) is 4.90 Å². The second kappa shape index (κ2) is 8.90. The van der Waals surface area contributed by atoms with Gasteiger partial charge in [-0.1, -0.05) is 60.7 Å². The molecule has 154 valence electrons. The van der Waals surface area contributed by atoms with E-state index in [1.165, 1.54) is 22.3 Å². The van der Waals surface area contributed by atoms with Crippen LogP contribution in [0.3, 0.4) is 0 Å².